The molecule has 0 radical (unpaired) electrons. The van der Waals surface area contributed by atoms with Crippen LogP contribution in [0.4, 0.5) is 0 Å². The van der Waals surface area contributed by atoms with Crippen molar-refractivity contribution in [1.29, 1.82) is 0 Å². The molecular formula is C16H16N4O2S. The van der Waals surface area contributed by atoms with Gasteiger partial charge in [0, 0.05) is 30.8 Å². The number of piperidine rings is 1. The number of aromatic nitrogens is 3. The van der Waals surface area contributed by atoms with E-state index in [0.29, 0.717) is 28.4 Å². The summed E-state index contributed by atoms with van der Waals surface area (Å²) in [4.78, 5) is 18.0. The molecule has 0 aliphatic carbocycles. The number of hydrogen-bond donors (Lipinski definition) is 2. The second-order valence-corrected chi connectivity index (χ2v) is 6.22. The van der Waals surface area contributed by atoms with E-state index in [1.54, 1.807) is 6.07 Å². The molecule has 1 aromatic carbocycles. The van der Waals surface area contributed by atoms with Gasteiger partial charge in [-0.05, 0) is 48.8 Å². The van der Waals surface area contributed by atoms with E-state index >= 15 is 0 Å². The van der Waals surface area contributed by atoms with E-state index in [0.717, 1.165) is 30.5 Å². The first-order chi connectivity index (χ1) is 11.2. The number of amides is 1. The summed E-state index contributed by atoms with van der Waals surface area (Å²) in [6.45, 7) is 1.49. The predicted molar refractivity (Wildman–Crippen MR) is 87.9 cm³/mol. The Kier molecular flexibility index (Phi) is 3.49. The van der Waals surface area contributed by atoms with Crippen LogP contribution in [0.5, 0.6) is 0 Å². The molecule has 0 saturated carbocycles. The summed E-state index contributed by atoms with van der Waals surface area (Å²) in [5.74, 6) is 0.369. The number of carbonyl (C=O) groups is 1. The van der Waals surface area contributed by atoms with Crippen molar-refractivity contribution in [3.05, 3.63) is 46.6 Å². The number of hydrogen-bond acceptors (Lipinski definition) is 4. The molecule has 0 bridgehead atoms. The molecule has 0 unspecified atom stereocenters. The van der Waals surface area contributed by atoms with E-state index in [1.165, 1.54) is 0 Å². The largest absolute Gasteiger partial charge is 0.429 e. The van der Waals surface area contributed by atoms with Crippen LogP contribution in [0, 0.1) is 4.84 Å². The summed E-state index contributed by atoms with van der Waals surface area (Å²) >= 11 is 4.98. The molecule has 2 N–H and O–H groups in total. The Morgan fingerprint density at radius 3 is 3.17 bits per heavy atom. The number of oxazole rings is 1. The second-order valence-electron chi connectivity index (χ2n) is 5.85. The van der Waals surface area contributed by atoms with Crippen LogP contribution in [0.15, 0.2) is 35.0 Å². The average molecular weight is 328 g/mol. The standard InChI is InChI=1S/C16H16N4O2S/c21-15(10-3-4-13-14(6-10)22-16(23)19-13)20-5-1-2-11(9-20)12-7-17-18-8-12/h3-4,6-8,11H,1-2,5,9H2,(H,17,18)(H,19,23)/t11-/m0/s1. The first-order valence-electron chi connectivity index (χ1n) is 7.61. The Hall–Kier alpha value is -2.41. The van der Waals surface area contributed by atoms with Crippen LogP contribution in [-0.2, 0) is 0 Å². The smallest absolute Gasteiger partial charge is 0.266 e. The molecule has 1 aliphatic heterocycles. The number of fused-ring (bicyclic) bond motifs is 1. The van der Waals surface area contributed by atoms with Crippen molar-refractivity contribution in [2.45, 2.75) is 18.8 Å². The van der Waals surface area contributed by atoms with Gasteiger partial charge in [-0.1, -0.05) is 0 Å². The maximum absolute atomic E-state index is 12.8. The number of nitrogens with one attached hydrogen (secondary N) is 2. The van der Waals surface area contributed by atoms with Crippen molar-refractivity contribution in [2.75, 3.05) is 13.1 Å². The van der Waals surface area contributed by atoms with Crippen LogP contribution in [0.2, 0.25) is 0 Å². The number of nitrogens with zero attached hydrogens (tertiary/aromatic N) is 2. The minimum absolute atomic E-state index is 0.0300. The van der Waals surface area contributed by atoms with Gasteiger partial charge in [0.1, 0.15) is 0 Å². The van der Waals surface area contributed by atoms with Crippen molar-refractivity contribution in [1.82, 2.24) is 20.1 Å². The third-order valence-corrected chi connectivity index (χ3v) is 4.55. The fourth-order valence-electron chi connectivity index (χ4n) is 3.18. The van der Waals surface area contributed by atoms with Crippen molar-refractivity contribution in [3.63, 3.8) is 0 Å². The Balaban J connectivity index is 1.58. The molecule has 1 aliphatic rings. The molecule has 1 atom stereocenters. The van der Waals surface area contributed by atoms with Gasteiger partial charge in [-0.3, -0.25) is 9.89 Å². The molecular weight excluding hydrogens is 312 g/mol. The van der Waals surface area contributed by atoms with Gasteiger partial charge in [-0.2, -0.15) is 5.10 Å². The molecule has 23 heavy (non-hydrogen) atoms. The van der Waals surface area contributed by atoms with Gasteiger partial charge in [-0.15, -0.1) is 0 Å². The van der Waals surface area contributed by atoms with Crippen molar-refractivity contribution in [2.24, 2.45) is 0 Å². The molecule has 118 valence electrons. The van der Waals surface area contributed by atoms with Gasteiger partial charge in [-0.25, -0.2) is 0 Å². The van der Waals surface area contributed by atoms with E-state index in [2.05, 4.69) is 15.2 Å². The fourth-order valence-corrected chi connectivity index (χ4v) is 3.38. The zero-order valence-corrected chi connectivity index (χ0v) is 13.2. The molecule has 7 heteroatoms. The van der Waals surface area contributed by atoms with Crippen molar-refractivity contribution in [3.8, 4) is 0 Å². The Morgan fingerprint density at radius 2 is 2.35 bits per heavy atom. The number of rotatable bonds is 2. The molecule has 4 rings (SSSR count). The molecule has 3 aromatic rings. The van der Waals surface area contributed by atoms with E-state index in [4.69, 9.17) is 16.6 Å². The maximum Gasteiger partial charge on any atom is 0.266 e. The van der Waals surface area contributed by atoms with Crippen LogP contribution < -0.4 is 0 Å². The third-order valence-electron chi connectivity index (χ3n) is 4.37. The molecule has 1 fully saturated rings. The van der Waals surface area contributed by atoms with Gasteiger partial charge in [0.2, 0.25) is 0 Å². The summed E-state index contributed by atoms with van der Waals surface area (Å²) in [5, 5.41) is 6.85. The minimum Gasteiger partial charge on any atom is -0.429 e. The van der Waals surface area contributed by atoms with Crippen molar-refractivity contribution >= 4 is 29.2 Å². The lowest BCUT2D eigenvalue weighted by atomic mass is 9.92. The monoisotopic (exact) mass is 328 g/mol. The Morgan fingerprint density at radius 1 is 1.43 bits per heavy atom. The molecule has 6 nitrogen and oxygen atoms in total. The van der Waals surface area contributed by atoms with Crippen LogP contribution in [0.25, 0.3) is 11.1 Å². The molecule has 2 aromatic heterocycles. The number of likely N-dealkylation sites (tertiary alicyclic amines) is 1. The van der Waals surface area contributed by atoms with Crippen LogP contribution in [0.3, 0.4) is 0 Å². The van der Waals surface area contributed by atoms with Gasteiger partial charge >= 0.3 is 0 Å². The second kappa shape index (κ2) is 5.66. The maximum atomic E-state index is 12.8. The van der Waals surface area contributed by atoms with Gasteiger partial charge in [0.15, 0.2) is 5.58 Å². The first-order valence-corrected chi connectivity index (χ1v) is 8.02. The fraction of sp³-hybridized carbons (Fsp3) is 0.312. The summed E-state index contributed by atoms with van der Waals surface area (Å²) in [6, 6.07) is 5.40. The zero-order valence-electron chi connectivity index (χ0n) is 12.4. The highest BCUT2D eigenvalue weighted by Gasteiger charge is 2.26. The van der Waals surface area contributed by atoms with Crippen LogP contribution in [-0.4, -0.2) is 39.1 Å². The lowest BCUT2D eigenvalue weighted by molar-refractivity contribution is 0.0707. The summed E-state index contributed by atoms with van der Waals surface area (Å²) in [6.07, 6.45) is 5.83. The topological polar surface area (TPSA) is 77.9 Å². The SMILES string of the molecule is O=C(c1ccc2[nH]c(=S)oc2c1)N1CCC[C@H](c2cn[nH]c2)C1. The molecule has 3 heterocycles. The van der Waals surface area contributed by atoms with Gasteiger partial charge < -0.3 is 14.3 Å². The highest BCUT2D eigenvalue weighted by atomic mass is 32.1. The minimum atomic E-state index is 0.0300. The van der Waals surface area contributed by atoms with Crippen LogP contribution in [0.1, 0.15) is 34.7 Å². The van der Waals surface area contributed by atoms with E-state index in [-0.39, 0.29) is 5.91 Å². The Bertz CT molecular complexity index is 896. The summed E-state index contributed by atoms with van der Waals surface area (Å²) < 4.78 is 5.40. The summed E-state index contributed by atoms with van der Waals surface area (Å²) in [7, 11) is 0. The van der Waals surface area contributed by atoms with Crippen molar-refractivity contribution < 1.29 is 9.21 Å². The number of H-pyrrole nitrogens is 2. The average Bonchev–Trinajstić information content (AvgIpc) is 3.22. The van der Waals surface area contributed by atoms with Gasteiger partial charge in [0.25, 0.3) is 10.7 Å². The van der Waals surface area contributed by atoms with E-state index < -0.39 is 0 Å². The number of benzene rings is 1. The third kappa shape index (κ3) is 2.68. The first kappa shape index (κ1) is 14.2. The molecule has 1 amide bonds. The molecule has 0 spiro atoms. The van der Waals surface area contributed by atoms with E-state index in [9.17, 15) is 4.79 Å². The highest BCUT2D eigenvalue weighted by Crippen LogP contribution is 2.27. The quantitative estimate of drug-likeness (QED) is 0.708. The van der Waals surface area contributed by atoms with E-state index in [1.807, 2.05) is 29.4 Å². The lowest BCUT2D eigenvalue weighted by Gasteiger charge is -2.32. The Labute approximate surface area is 137 Å². The predicted octanol–water partition coefficient (Wildman–Crippen LogP) is 3.23. The van der Waals surface area contributed by atoms with Crippen LogP contribution >= 0.6 is 12.2 Å². The lowest BCUT2D eigenvalue weighted by Crippen LogP contribution is -2.39. The molecule has 1 saturated heterocycles. The number of carbonyl (C=O) groups excluding carboxylic acids is 1. The zero-order chi connectivity index (χ0) is 15.8. The normalized spacial score (nSPS) is 18.4. The number of aromatic amines is 2. The highest BCUT2D eigenvalue weighted by molar-refractivity contribution is 7.71. The van der Waals surface area contributed by atoms with Gasteiger partial charge in [0.05, 0.1) is 11.7 Å². The summed E-state index contributed by atoms with van der Waals surface area (Å²) in [5.41, 5.74) is 3.21.